The van der Waals surface area contributed by atoms with Gasteiger partial charge in [0.05, 0.1) is 12.8 Å². The Morgan fingerprint density at radius 2 is 2.18 bits per heavy atom. The lowest BCUT2D eigenvalue weighted by atomic mass is 10.1. The molecule has 2 heterocycles. The summed E-state index contributed by atoms with van der Waals surface area (Å²) >= 11 is 3.51. The molecule has 3 rings (SSSR count). The van der Waals surface area contributed by atoms with Gasteiger partial charge in [-0.1, -0.05) is 6.07 Å². The van der Waals surface area contributed by atoms with Gasteiger partial charge in [0.25, 0.3) is 0 Å². The molecular formula is C16H17BrN4O. The number of hydrogen-bond acceptors (Lipinski definition) is 4. The number of aromatic amines is 1. The van der Waals surface area contributed by atoms with E-state index >= 15 is 0 Å². The standard InChI is InChI=1S/C16H17BrN4O/c1-18-8-10-9-20-14-7-11(3-4-12(10)14)21-13-5-6-19-16(22-2)15(13)17/h3-7,9,18,20H,8H2,1-2H3,(H,19,21). The summed E-state index contributed by atoms with van der Waals surface area (Å²) in [6, 6.07) is 8.17. The first-order valence-corrected chi connectivity index (χ1v) is 7.72. The normalized spacial score (nSPS) is 10.9. The molecule has 22 heavy (non-hydrogen) atoms. The van der Waals surface area contributed by atoms with E-state index in [2.05, 4.69) is 54.7 Å². The van der Waals surface area contributed by atoms with Crippen molar-refractivity contribution in [1.29, 1.82) is 0 Å². The second kappa shape index (κ2) is 6.37. The third-order valence-corrected chi connectivity index (χ3v) is 4.23. The minimum atomic E-state index is 0.558. The molecule has 114 valence electrons. The summed E-state index contributed by atoms with van der Waals surface area (Å²) in [7, 11) is 3.55. The Bertz CT molecular complexity index is 800. The van der Waals surface area contributed by atoms with Gasteiger partial charge in [0.1, 0.15) is 4.47 Å². The number of anilines is 2. The Balaban J connectivity index is 1.91. The van der Waals surface area contributed by atoms with Gasteiger partial charge >= 0.3 is 0 Å². The van der Waals surface area contributed by atoms with Crippen molar-refractivity contribution in [1.82, 2.24) is 15.3 Å². The maximum atomic E-state index is 5.21. The fourth-order valence-electron chi connectivity index (χ4n) is 2.42. The Hall–Kier alpha value is -2.05. The maximum Gasteiger partial charge on any atom is 0.229 e. The number of nitrogens with zero attached hydrogens (tertiary/aromatic N) is 1. The molecule has 3 N–H and O–H groups in total. The van der Waals surface area contributed by atoms with E-state index in [4.69, 9.17) is 4.74 Å². The number of benzene rings is 1. The summed E-state index contributed by atoms with van der Waals surface area (Å²) in [4.78, 5) is 7.46. The molecule has 0 aliphatic carbocycles. The second-order valence-corrected chi connectivity index (χ2v) is 5.70. The minimum absolute atomic E-state index is 0.558. The predicted molar refractivity (Wildman–Crippen MR) is 92.8 cm³/mol. The Labute approximate surface area is 137 Å². The number of ether oxygens (including phenoxy) is 1. The van der Waals surface area contributed by atoms with Crippen molar-refractivity contribution in [3.63, 3.8) is 0 Å². The van der Waals surface area contributed by atoms with Gasteiger partial charge in [-0.05, 0) is 46.7 Å². The molecule has 0 aliphatic heterocycles. The van der Waals surface area contributed by atoms with Crippen LogP contribution in [0.25, 0.3) is 10.9 Å². The molecule has 0 saturated heterocycles. The highest BCUT2D eigenvalue weighted by molar-refractivity contribution is 9.10. The number of nitrogens with one attached hydrogen (secondary N) is 3. The molecule has 6 heteroatoms. The van der Waals surface area contributed by atoms with Crippen molar-refractivity contribution >= 4 is 38.2 Å². The van der Waals surface area contributed by atoms with Crippen LogP contribution in [0.15, 0.2) is 41.1 Å². The summed E-state index contributed by atoms with van der Waals surface area (Å²) in [5, 5.41) is 7.78. The first-order chi connectivity index (χ1) is 10.7. The van der Waals surface area contributed by atoms with Crippen molar-refractivity contribution in [2.45, 2.75) is 6.54 Å². The largest absolute Gasteiger partial charge is 0.480 e. The van der Waals surface area contributed by atoms with E-state index in [1.54, 1.807) is 13.3 Å². The molecule has 0 spiro atoms. The van der Waals surface area contributed by atoms with Gasteiger partial charge in [0, 0.05) is 35.5 Å². The van der Waals surface area contributed by atoms with Gasteiger partial charge in [0.15, 0.2) is 0 Å². The van der Waals surface area contributed by atoms with Crippen LogP contribution >= 0.6 is 15.9 Å². The molecule has 5 nitrogen and oxygen atoms in total. The highest BCUT2D eigenvalue weighted by atomic mass is 79.9. The van der Waals surface area contributed by atoms with E-state index in [-0.39, 0.29) is 0 Å². The van der Waals surface area contributed by atoms with Crippen molar-refractivity contribution in [2.75, 3.05) is 19.5 Å². The summed E-state index contributed by atoms with van der Waals surface area (Å²) < 4.78 is 6.02. The number of aromatic nitrogens is 2. The van der Waals surface area contributed by atoms with E-state index in [0.29, 0.717) is 5.88 Å². The molecule has 0 unspecified atom stereocenters. The second-order valence-electron chi connectivity index (χ2n) is 4.91. The molecule has 3 aromatic rings. The van der Waals surface area contributed by atoms with Crippen LogP contribution in [0.4, 0.5) is 11.4 Å². The fourth-order valence-corrected chi connectivity index (χ4v) is 2.92. The van der Waals surface area contributed by atoms with Crippen molar-refractivity contribution in [3.05, 3.63) is 46.7 Å². The molecule has 0 fully saturated rings. The van der Waals surface area contributed by atoms with Crippen LogP contribution in [-0.2, 0) is 6.54 Å². The lowest BCUT2D eigenvalue weighted by molar-refractivity contribution is 0.395. The summed E-state index contributed by atoms with van der Waals surface area (Å²) in [5.41, 5.74) is 4.27. The number of pyridine rings is 1. The van der Waals surface area contributed by atoms with Crippen LogP contribution in [0.3, 0.4) is 0 Å². The van der Waals surface area contributed by atoms with Gasteiger partial charge in [-0.3, -0.25) is 0 Å². The van der Waals surface area contributed by atoms with Crippen LogP contribution in [0.5, 0.6) is 5.88 Å². The molecule has 0 radical (unpaired) electrons. The van der Waals surface area contributed by atoms with Crippen molar-refractivity contribution in [2.24, 2.45) is 0 Å². The molecule has 0 saturated carbocycles. The number of rotatable bonds is 5. The van der Waals surface area contributed by atoms with Gasteiger partial charge in [-0.15, -0.1) is 0 Å². The zero-order valence-corrected chi connectivity index (χ0v) is 14.0. The van der Waals surface area contributed by atoms with Crippen LogP contribution in [0.1, 0.15) is 5.56 Å². The minimum Gasteiger partial charge on any atom is -0.480 e. The third kappa shape index (κ3) is 2.80. The smallest absolute Gasteiger partial charge is 0.229 e. The maximum absolute atomic E-state index is 5.21. The highest BCUT2D eigenvalue weighted by Gasteiger charge is 2.09. The molecular weight excluding hydrogens is 344 g/mol. The highest BCUT2D eigenvalue weighted by Crippen LogP contribution is 2.33. The van der Waals surface area contributed by atoms with Crippen molar-refractivity contribution < 1.29 is 4.74 Å². The van der Waals surface area contributed by atoms with E-state index < -0.39 is 0 Å². The summed E-state index contributed by atoms with van der Waals surface area (Å²) in [6.07, 6.45) is 3.75. The van der Waals surface area contributed by atoms with Gasteiger partial charge in [-0.2, -0.15) is 0 Å². The molecule has 0 bridgehead atoms. The average molecular weight is 361 g/mol. The Morgan fingerprint density at radius 3 is 2.95 bits per heavy atom. The number of H-pyrrole nitrogens is 1. The summed E-state index contributed by atoms with van der Waals surface area (Å²) in [5.74, 6) is 0.558. The predicted octanol–water partition coefficient (Wildman–Crippen LogP) is 3.80. The zero-order valence-electron chi connectivity index (χ0n) is 12.4. The van der Waals surface area contributed by atoms with E-state index in [1.807, 2.05) is 19.3 Å². The number of methoxy groups -OCH3 is 1. The lowest BCUT2D eigenvalue weighted by Crippen LogP contribution is -2.03. The van der Waals surface area contributed by atoms with E-state index in [0.717, 1.165) is 27.9 Å². The van der Waals surface area contributed by atoms with Crippen LogP contribution < -0.4 is 15.4 Å². The Morgan fingerprint density at radius 1 is 1.32 bits per heavy atom. The lowest BCUT2D eigenvalue weighted by Gasteiger charge is -2.10. The zero-order chi connectivity index (χ0) is 15.5. The van der Waals surface area contributed by atoms with Crippen molar-refractivity contribution in [3.8, 4) is 5.88 Å². The SMILES string of the molecule is CNCc1c[nH]c2cc(Nc3ccnc(OC)c3Br)ccc12. The molecule has 0 amide bonds. The first kappa shape index (κ1) is 14.9. The number of hydrogen-bond donors (Lipinski definition) is 3. The van der Waals surface area contributed by atoms with Crippen LogP contribution in [-0.4, -0.2) is 24.1 Å². The van der Waals surface area contributed by atoms with E-state index in [9.17, 15) is 0 Å². The summed E-state index contributed by atoms with van der Waals surface area (Å²) in [6.45, 7) is 0.847. The number of halogens is 1. The van der Waals surface area contributed by atoms with E-state index in [1.165, 1.54) is 10.9 Å². The fraction of sp³-hybridized carbons (Fsp3) is 0.188. The quantitative estimate of drug-likeness (QED) is 0.647. The van der Waals surface area contributed by atoms with Crippen LogP contribution in [0.2, 0.25) is 0 Å². The van der Waals surface area contributed by atoms with Gasteiger partial charge in [-0.25, -0.2) is 4.98 Å². The van der Waals surface area contributed by atoms with Gasteiger partial charge < -0.3 is 20.4 Å². The van der Waals surface area contributed by atoms with Crippen LogP contribution in [0, 0.1) is 0 Å². The van der Waals surface area contributed by atoms with Gasteiger partial charge in [0.2, 0.25) is 5.88 Å². The number of fused-ring (bicyclic) bond motifs is 1. The first-order valence-electron chi connectivity index (χ1n) is 6.93. The molecule has 2 aromatic heterocycles. The average Bonchev–Trinajstić information content (AvgIpc) is 2.92. The molecule has 0 aliphatic rings. The third-order valence-electron chi connectivity index (χ3n) is 3.46. The molecule has 1 aromatic carbocycles. The topological polar surface area (TPSA) is 62.0 Å². The Kier molecular flexibility index (Phi) is 4.31. The monoisotopic (exact) mass is 360 g/mol. The molecule has 0 atom stereocenters.